The number of aryl methyl sites for hydroxylation is 1. The largest absolute Gasteiger partial charge is 0.507 e. The fourth-order valence-electron chi connectivity index (χ4n) is 1.83. The molecule has 0 unspecified atom stereocenters. The number of anilines is 1. The van der Waals surface area contributed by atoms with Crippen LogP contribution in [0.25, 0.3) is 0 Å². The fraction of sp³-hybridized carbons (Fsp3) is 0.125. The van der Waals surface area contributed by atoms with E-state index in [4.69, 9.17) is 5.73 Å². The van der Waals surface area contributed by atoms with Gasteiger partial charge in [0, 0.05) is 5.69 Å². The number of carbonyl (C=O) groups excluding carboxylic acids is 1. The average molecular weight is 283 g/mol. The van der Waals surface area contributed by atoms with Crippen LogP contribution in [0, 0.1) is 6.92 Å². The van der Waals surface area contributed by atoms with Crippen LogP contribution in [0.4, 0.5) is 5.69 Å². The Balaban J connectivity index is 2.14. The van der Waals surface area contributed by atoms with Crippen LogP contribution in [-0.2, 0) is 0 Å². The normalized spacial score (nSPS) is 11.2. The molecule has 0 aliphatic carbocycles. The molecular weight excluding hydrogens is 266 g/mol. The van der Waals surface area contributed by atoms with Crippen LogP contribution in [0.15, 0.2) is 47.6 Å². The zero-order valence-electron chi connectivity index (χ0n) is 11.9. The van der Waals surface area contributed by atoms with Crippen molar-refractivity contribution in [3.8, 4) is 5.75 Å². The van der Waals surface area contributed by atoms with Gasteiger partial charge >= 0.3 is 0 Å². The van der Waals surface area contributed by atoms with E-state index >= 15 is 0 Å². The van der Waals surface area contributed by atoms with Crippen molar-refractivity contribution in [1.82, 2.24) is 5.43 Å². The highest BCUT2D eigenvalue weighted by molar-refractivity contribution is 6.01. The van der Waals surface area contributed by atoms with Gasteiger partial charge in [-0.2, -0.15) is 5.10 Å². The topological polar surface area (TPSA) is 87.7 Å². The molecule has 0 atom stereocenters. The summed E-state index contributed by atoms with van der Waals surface area (Å²) in [6.45, 7) is 3.51. The molecule has 21 heavy (non-hydrogen) atoms. The third-order valence-corrected chi connectivity index (χ3v) is 3.14. The molecule has 0 aromatic heterocycles. The van der Waals surface area contributed by atoms with Gasteiger partial charge in [-0.05, 0) is 43.2 Å². The third kappa shape index (κ3) is 3.39. The zero-order valence-corrected chi connectivity index (χ0v) is 11.9. The molecule has 0 bridgehead atoms. The first-order valence-corrected chi connectivity index (χ1v) is 6.48. The summed E-state index contributed by atoms with van der Waals surface area (Å²) in [6.07, 6.45) is 0. The van der Waals surface area contributed by atoms with Crippen molar-refractivity contribution in [1.29, 1.82) is 0 Å². The number of rotatable bonds is 3. The van der Waals surface area contributed by atoms with Crippen molar-refractivity contribution in [3.05, 3.63) is 59.2 Å². The molecule has 0 fully saturated rings. The molecule has 1 amide bonds. The van der Waals surface area contributed by atoms with Crippen molar-refractivity contribution < 1.29 is 9.90 Å². The maximum absolute atomic E-state index is 12.0. The van der Waals surface area contributed by atoms with Gasteiger partial charge in [-0.1, -0.05) is 24.3 Å². The number of hydrazone groups is 1. The van der Waals surface area contributed by atoms with E-state index in [2.05, 4.69) is 10.5 Å². The van der Waals surface area contributed by atoms with Gasteiger partial charge in [-0.25, -0.2) is 5.43 Å². The van der Waals surface area contributed by atoms with E-state index in [0.29, 0.717) is 17.0 Å². The number of phenols is 1. The summed E-state index contributed by atoms with van der Waals surface area (Å²) in [5.74, 6) is -0.485. The number of carbonyl (C=O) groups is 1. The summed E-state index contributed by atoms with van der Waals surface area (Å²) < 4.78 is 0. The molecular formula is C16H17N3O2. The zero-order chi connectivity index (χ0) is 15.4. The molecule has 2 aromatic carbocycles. The van der Waals surface area contributed by atoms with Gasteiger partial charge < -0.3 is 10.8 Å². The number of amides is 1. The summed E-state index contributed by atoms with van der Waals surface area (Å²) in [6, 6.07) is 12.2. The Morgan fingerprint density at radius 1 is 1.19 bits per heavy atom. The molecule has 0 saturated heterocycles. The summed E-state index contributed by atoms with van der Waals surface area (Å²) in [4.78, 5) is 12.0. The molecule has 5 nitrogen and oxygen atoms in total. The van der Waals surface area contributed by atoms with Crippen molar-refractivity contribution >= 4 is 17.3 Å². The lowest BCUT2D eigenvalue weighted by Crippen LogP contribution is -2.19. The lowest BCUT2D eigenvalue weighted by molar-refractivity contribution is 0.0952. The van der Waals surface area contributed by atoms with Gasteiger partial charge in [-0.3, -0.25) is 4.79 Å². The van der Waals surface area contributed by atoms with Gasteiger partial charge in [0.1, 0.15) is 5.75 Å². The molecule has 2 rings (SSSR count). The number of nitrogens with zero attached hydrogens (tertiary/aromatic N) is 1. The number of benzene rings is 2. The van der Waals surface area contributed by atoms with Crippen LogP contribution >= 0.6 is 0 Å². The molecule has 0 aliphatic heterocycles. The van der Waals surface area contributed by atoms with Gasteiger partial charge in [0.15, 0.2) is 0 Å². The number of hydrogen-bond acceptors (Lipinski definition) is 4. The van der Waals surface area contributed by atoms with Crippen molar-refractivity contribution in [2.24, 2.45) is 5.10 Å². The van der Waals surface area contributed by atoms with Crippen molar-refractivity contribution in [2.45, 2.75) is 13.8 Å². The van der Waals surface area contributed by atoms with Crippen LogP contribution in [0.5, 0.6) is 5.75 Å². The van der Waals surface area contributed by atoms with Gasteiger partial charge in [-0.15, -0.1) is 0 Å². The molecule has 5 heteroatoms. The minimum Gasteiger partial charge on any atom is -0.507 e. The number of nitrogen functional groups attached to an aromatic ring is 1. The van der Waals surface area contributed by atoms with E-state index in [1.807, 2.05) is 12.1 Å². The minimum atomic E-state index is -0.453. The predicted octanol–water partition coefficient (Wildman–Crippen LogP) is 2.44. The second kappa shape index (κ2) is 6.09. The van der Waals surface area contributed by atoms with Crippen molar-refractivity contribution in [3.63, 3.8) is 0 Å². The molecule has 0 heterocycles. The standard InChI is InChI=1S/C16H17N3O2/c1-10-4-3-5-14(15(10)20)16(21)19-18-11(2)12-6-8-13(17)9-7-12/h3-9,20H,17H2,1-2H3,(H,19,21). The number of aromatic hydroxyl groups is 1. The van der Waals surface area contributed by atoms with E-state index in [9.17, 15) is 9.90 Å². The molecule has 0 radical (unpaired) electrons. The molecule has 2 aromatic rings. The number of para-hydroxylation sites is 1. The Morgan fingerprint density at radius 2 is 1.86 bits per heavy atom. The Hall–Kier alpha value is -2.82. The number of hydrogen-bond donors (Lipinski definition) is 3. The highest BCUT2D eigenvalue weighted by atomic mass is 16.3. The Morgan fingerprint density at radius 3 is 2.52 bits per heavy atom. The maximum Gasteiger partial charge on any atom is 0.275 e. The summed E-state index contributed by atoms with van der Waals surface area (Å²) in [5, 5.41) is 13.9. The Bertz CT molecular complexity index is 691. The Kier molecular flexibility index (Phi) is 4.23. The van der Waals surface area contributed by atoms with Crippen LogP contribution in [0.1, 0.15) is 28.4 Å². The maximum atomic E-state index is 12.0. The highest BCUT2D eigenvalue weighted by Gasteiger charge is 2.11. The van der Waals surface area contributed by atoms with Gasteiger partial charge in [0.25, 0.3) is 5.91 Å². The third-order valence-electron chi connectivity index (χ3n) is 3.14. The number of nitrogens with one attached hydrogen (secondary N) is 1. The van der Waals surface area contributed by atoms with E-state index in [1.165, 1.54) is 0 Å². The molecule has 0 saturated carbocycles. The van der Waals surface area contributed by atoms with E-state index in [0.717, 1.165) is 5.56 Å². The molecule has 0 spiro atoms. The summed E-state index contributed by atoms with van der Waals surface area (Å²) >= 11 is 0. The first-order valence-electron chi connectivity index (χ1n) is 6.48. The lowest BCUT2D eigenvalue weighted by atomic mass is 10.1. The molecule has 4 N–H and O–H groups in total. The monoisotopic (exact) mass is 283 g/mol. The van der Waals surface area contributed by atoms with Crippen LogP contribution in [-0.4, -0.2) is 16.7 Å². The smallest absolute Gasteiger partial charge is 0.275 e. The van der Waals surface area contributed by atoms with Crippen molar-refractivity contribution in [2.75, 3.05) is 5.73 Å². The first-order chi connectivity index (χ1) is 9.99. The lowest BCUT2D eigenvalue weighted by Gasteiger charge is -2.06. The fourth-order valence-corrected chi connectivity index (χ4v) is 1.83. The van der Waals surface area contributed by atoms with Gasteiger partial charge in [0.05, 0.1) is 11.3 Å². The quantitative estimate of drug-likeness (QED) is 0.459. The van der Waals surface area contributed by atoms with Gasteiger partial charge in [0.2, 0.25) is 0 Å². The van der Waals surface area contributed by atoms with Crippen LogP contribution < -0.4 is 11.2 Å². The molecule has 108 valence electrons. The summed E-state index contributed by atoms with van der Waals surface area (Å²) in [7, 11) is 0. The number of nitrogens with two attached hydrogens (primary N) is 1. The van der Waals surface area contributed by atoms with E-state index in [1.54, 1.807) is 44.2 Å². The molecule has 0 aliphatic rings. The average Bonchev–Trinajstić information content (AvgIpc) is 2.48. The second-order valence-corrected chi connectivity index (χ2v) is 4.73. The van der Waals surface area contributed by atoms with E-state index < -0.39 is 5.91 Å². The number of phenolic OH excluding ortho intramolecular Hbond substituents is 1. The SMILES string of the molecule is CC(=NNC(=O)c1cccc(C)c1O)c1ccc(N)cc1. The minimum absolute atomic E-state index is 0.0321. The predicted molar refractivity (Wildman–Crippen MR) is 83.4 cm³/mol. The van der Waals surface area contributed by atoms with E-state index in [-0.39, 0.29) is 11.3 Å². The summed E-state index contributed by atoms with van der Waals surface area (Å²) in [5.41, 5.74) is 11.1. The second-order valence-electron chi connectivity index (χ2n) is 4.73. The van der Waals surface area contributed by atoms with Crippen LogP contribution in [0.2, 0.25) is 0 Å². The highest BCUT2D eigenvalue weighted by Crippen LogP contribution is 2.21. The Labute approximate surface area is 123 Å². The first kappa shape index (κ1) is 14.6. The van der Waals surface area contributed by atoms with Crippen LogP contribution in [0.3, 0.4) is 0 Å².